The first kappa shape index (κ1) is 26.3. The van der Waals surface area contributed by atoms with Crippen molar-refractivity contribution in [2.24, 2.45) is 5.41 Å². The van der Waals surface area contributed by atoms with E-state index in [1.807, 2.05) is 32.9 Å². The Morgan fingerprint density at radius 1 is 1.11 bits per heavy atom. The highest BCUT2D eigenvalue weighted by molar-refractivity contribution is 5.99. The summed E-state index contributed by atoms with van der Waals surface area (Å²) in [5.74, 6) is -0.336. The van der Waals surface area contributed by atoms with Crippen molar-refractivity contribution in [1.82, 2.24) is 15.1 Å². The quantitative estimate of drug-likeness (QED) is 0.609. The molecule has 202 valence electrons. The third-order valence-corrected chi connectivity index (χ3v) is 8.63. The molecule has 0 bridgehead atoms. The number of aliphatic hydroxyl groups is 1. The summed E-state index contributed by atoms with van der Waals surface area (Å²) < 4.78 is 5.42. The fraction of sp³-hybridized carbons (Fsp3) is 0.690. The average Bonchev–Trinajstić information content (AvgIpc) is 3.37. The number of piperidine rings is 1. The average molecular weight is 512 g/mol. The van der Waals surface area contributed by atoms with Crippen LogP contribution in [0.2, 0.25) is 0 Å². The first-order valence-corrected chi connectivity index (χ1v) is 13.9. The van der Waals surface area contributed by atoms with Crippen LogP contribution in [-0.4, -0.2) is 89.1 Å². The molecular weight excluding hydrogens is 470 g/mol. The Morgan fingerprint density at radius 3 is 2.38 bits per heavy atom. The number of amides is 2. The molecule has 8 nitrogen and oxygen atoms in total. The Labute approximate surface area is 219 Å². The number of carbonyl (C=O) groups is 3. The van der Waals surface area contributed by atoms with Crippen molar-refractivity contribution in [3.63, 3.8) is 0 Å². The van der Waals surface area contributed by atoms with Gasteiger partial charge in [0.1, 0.15) is 30.9 Å². The minimum absolute atomic E-state index is 0.0324. The van der Waals surface area contributed by atoms with E-state index < -0.39 is 24.3 Å². The second-order valence-electron chi connectivity index (χ2n) is 12.6. The predicted octanol–water partition coefficient (Wildman–Crippen LogP) is 2.49. The summed E-state index contributed by atoms with van der Waals surface area (Å²) in [4.78, 5) is 43.2. The van der Waals surface area contributed by atoms with E-state index in [4.69, 9.17) is 4.74 Å². The van der Waals surface area contributed by atoms with E-state index in [1.54, 1.807) is 0 Å². The fourth-order valence-electron chi connectivity index (χ4n) is 6.37. The van der Waals surface area contributed by atoms with Crippen LogP contribution in [0.1, 0.15) is 81.1 Å². The summed E-state index contributed by atoms with van der Waals surface area (Å²) in [6.45, 7) is 8.26. The van der Waals surface area contributed by atoms with Crippen molar-refractivity contribution in [2.45, 2.75) is 95.5 Å². The van der Waals surface area contributed by atoms with Gasteiger partial charge >= 0.3 is 0 Å². The molecule has 37 heavy (non-hydrogen) atoms. The van der Waals surface area contributed by atoms with Gasteiger partial charge in [-0.1, -0.05) is 39.3 Å². The Hall–Kier alpha value is -2.29. The molecule has 4 aliphatic rings. The molecule has 8 heteroatoms. The second kappa shape index (κ2) is 10.5. The minimum Gasteiger partial charge on any atom is -0.388 e. The van der Waals surface area contributed by atoms with E-state index in [0.29, 0.717) is 17.9 Å². The number of ether oxygens (including phenoxy) is 1. The van der Waals surface area contributed by atoms with Crippen LogP contribution in [0, 0.1) is 5.41 Å². The molecule has 1 saturated carbocycles. The molecule has 3 saturated heterocycles. The number of hydrogen-bond acceptors (Lipinski definition) is 6. The van der Waals surface area contributed by atoms with Gasteiger partial charge < -0.3 is 25.0 Å². The van der Waals surface area contributed by atoms with Crippen LogP contribution in [0.4, 0.5) is 0 Å². The highest BCUT2D eigenvalue weighted by Gasteiger charge is 2.53. The first-order chi connectivity index (χ1) is 17.6. The van der Waals surface area contributed by atoms with E-state index in [0.717, 1.165) is 32.0 Å². The zero-order valence-electron chi connectivity index (χ0n) is 22.3. The van der Waals surface area contributed by atoms with Gasteiger partial charge in [0.15, 0.2) is 5.78 Å². The number of benzene rings is 1. The van der Waals surface area contributed by atoms with Gasteiger partial charge in [0.05, 0.1) is 6.54 Å². The number of hydrogen-bond donors (Lipinski definition) is 2. The number of nitrogens with zero attached hydrogens (tertiary/aromatic N) is 2. The van der Waals surface area contributed by atoms with Gasteiger partial charge in [-0.05, 0) is 74.2 Å². The molecule has 3 aliphatic heterocycles. The van der Waals surface area contributed by atoms with Crippen molar-refractivity contribution >= 4 is 17.6 Å². The lowest BCUT2D eigenvalue weighted by molar-refractivity contribution is -0.138. The number of ketones is 1. The summed E-state index contributed by atoms with van der Waals surface area (Å²) in [6.07, 6.45) is 5.17. The Morgan fingerprint density at radius 2 is 1.78 bits per heavy atom. The smallest absolute Gasteiger partial charge is 0.251 e. The number of aliphatic hydroxyl groups excluding tert-OH is 1. The Bertz CT molecular complexity index is 1010. The van der Waals surface area contributed by atoms with Crippen LogP contribution < -0.4 is 5.32 Å². The van der Waals surface area contributed by atoms with Crippen LogP contribution in [0.5, 0.6) is 0 Å². The van der Waals surface area contributed by atoms with Gasteiger partial charge in [0.25, 0.3) is 5.91 Å². The molecule has 0 aromatic heterocycles. The first-order valence-electron chi connectivity index (χ1n) is 13.9. The van der Waals surface area contributed by atoms with E-state index in [1.165, 1.54) is 29.7 Å². The van der Waals surface area contributed by atoms with Crippen molar-refractivity contribution in [3.8, 4) is 0 Å². The van der Waals surface area contributed by atoms with E-state index in [9.17, 15) is 19.5 Å². The maximum atomic E-state index is 13.6. The Kier molecular flexibility index (Phi) is 7.44. The van der Waals surface area contributed by atoms with Crippen molar-refractivity contribution in [3.05, 3.63) is 35.4 Å². The van der Waals surface area contributed by atoms with Gasteiger partial charge in [0.2, 0.25) is 5.91 Å². The lowest BCUT2D eigenvalue weighted by atomic mass is 9.85. The number of β-amino-alcohol motifs (C(OH)–C–C–N with tert-alkyl or cyclic N) is 1. The number of rotatable bonds is 6. The maximum Gasteiger partial charge on any atom is 0.251 e. The van der Waals surface area contributed by atoms with Gasteiger partial charge in [-0.3, -0.25) is 14.4 Å². The summed E-state index contributed by atoms with van der Waals surface area (Å²) in [7, 11) is 0. The molecule has 1 aliphatic carbocycles. The third-order valence-electron chi connectivity index (χ3n) is 8.63. The van der Waals surface area contributed by atoms with Crippen LogP contribution in [0.3, 0.4) is 0 Å². The predicted molar refractivity (Wildman–Crippen MR) is 139 cm³/mol. The summed E-state index contributed by atoms with van der Waals surface area (Å²) in [6, 6.07) is 7.02. The van der Waals surface area contributed by atoms with E-state index >= 15 is 0 Å². The minimum atomic E-state index is -0.903. The highest BCUT2D eigenvalue weighted by Crippen LogP contribution is 2.34. The van der Waals surface area contributed by atoms with Crippen LogP contribution in [0.15, 0.2) is 24.3 Å². The molecule has 5 rings (SSSR count). The number of likely N-dealkylation sites (tertiary alicyclic amines) is 2. The molecule has 0 unspecified atom stereocenters. The lowest BCUT2D eigenvalue weighted by Crippen LogP contribution is -2.53. The highest BCUT2D eigenvalue weighted by atomic mass is 16.5. The monoisotopic (exact) mass is 511 g/mol. The lowest BCUT2D eigenvalue weighted by Gasteiger charge is -2.42. The Balaban J connectivity index is 1.24. The normalized spacial score (nSPS) is 28.2. The fourth-order valence-corrected chi connectivity index (χ4v) is 6.37. The van der Waals surface area contributed by atoms with Gasteiger partial charge in [-0.15, -0.1) is 0 Å². The number of carbonyl (C=O) groups excluding carboxylic acids is 3. The summed E-state index contributed by atoms with van der Waals surface area (Å²) in [5, 5.41) is 13.3. The summed E-state index contributed by atoms with van der Waals surface area (Å²) in [5.41, 5.74) is 1.55. The van der Waals surface area contributed by atoms with Gasteiger partial charge in [-0.2, -0.15) is 0 Å². The molecule has 0 spiro atoms. The molecule has 1 aromatic carbocycles. The molecule has 2 amide bonds. The molecule has 1 aromatic rings. The maximum absolute atomic E-state index is 13.6. The topological polar surface area (TPSA) is 99.2 Å². The van der Waals surface area contributed by atoms with Gasteiger partial charge in [0, 0.05) is 11.6 Å². The largest absolute Gasteiger partial charge is 0.388 e. The standard InChI is InChI=1S/C29H41N3O5/c1-29(2,3)15-22(28(36)32-16-23(33)26-25(32)24(34)17-37-26)30-27(35)20-9-7-18(8-10-20)19-11-13-31(14-12-19)21-5-4-6-21/h7-10,19,21-23,25-26,33H,4-6,11-17H2,1-3H3,(H,30,35)/t22-,23+,25+,26+/m0/s1. The van der Waals surface area contributed by atoms with E-state index in [2.05, 4.69) is 22.3 Å². The molecule has 3 heterocycles. The molecule has 4 fully saturated rings. The SMILES string of the molecule is CC(C)(C)C[C@H](NC(=O)c1ccc(C2CCN(C3CCC3)CC2)cc1)C(=O)N1C[C@@H](O)[C@H]2OCC(=O)[C@H]21. The number of nitrogens with one attached hydrogen (secondary N) is 1. The molecular formula is C29H41N3O5. The summed E-state index contributed by atoms with van der Waals surface area (Å²) >= 11 is 0. The van der Waals surface area contributed by atoms with Crippen molar-refractivity contribution in [2.75, 3.05) is 26.2 Å². The molecule has 0 radical (unpaired) electrons. The number of Topliss-reactive ketones (excluding diaryl/α,β-unsaturated/α-hetero) is 1. The zero-order chi connectivity index (χ0) is 26.3. The second-order valence-corrected chi connectivity index (χ2v) is 12.6. The van der Waals surface area contributed by atoms with Gasteiger partial charge in [-0.25, -0.2) is 0 Å². The van der Waals surface area contributed by atoms with E-state index in [-0.39, 0.29) is 36.2 Å². The number of fused-ring (bicyclic) bond motifs is 1. The third kappa shape index (κ3) is 5.61. The zero-order valence-corrected chi connectivity index (χ0v) is 22.3. The van der Waals surface area contributed by atoms with Crippen LogP contribution in [-0.2, 0) is 14.3 Å². The van der Waals surface area contributed by atoms with Crippen LogP contribution in [0.25, 0.3) is 0 Å². The molecule has 2 N–H and O–H groups in total. The van der Waals surface area contributed by atoms with Crippen LogP contribution >= 0.6 is 0 Å². The molecule has 4 atom stereocenters. The van der Waals surface area contributed by atoms with Crippen molar-refractivity contribution in [1.29, 1.82) is 0 Å². The van der Waals surface area contributed by atoms with Crippen molar-refractivity contribution < 1.29 is 24.2 Å².